The Balaban J connectivity index is 0.00000420. The van der Waals surface area contributed by atoms with Gasteiger partial charge in [-0.15, -0.1) is 30.4 Å². The number of benzene rings is 2. The minimum absolute atomic E-state index is 0. The summed E-state index contributed by atoms with van der Waals surface area (Å²) in [6, 6.07) is 13.6. The summed E-state index contributed by atoms with van der Waals surface area (Å²) in [5.74, 6) is 5.29. The van der Waals surface area contributed by atoms with E-state index in [9.17, 15) is 0 Å². The van der Waals surface area contributed by atoms with Crippen molar-refractivity contribution in [3.8, 4) is 29.6 Å². The monoisotopic (exact) mass is 509 g/mol. The van der Waals surface area contributed by atoms with Gasteiger partial charge in [-0.1, -0.05) is 24.1 Å². The molecule has 156 valence electrons. The zero-order chi connectivity index (χ0) is 20.2. The average Bonchev–Trinajstić information content (AvgIpc) is 2.74. The first-order valence-electron chi connectivity index (χ1n) is 9.08. The average molecular weight is 509 g/mol. The Bertz CT molecular complexity index is 834. The Morgan fingerprint density at radius 2 is 1.86 bits per heavy atom. The molecule has 29 heavy (non-hydrogen) atoms. The van der Waals surface area contributed by atoms with Crippen LogP contribution in [0.4, 0.5) is 0 Å². The highest BCUT2D eigenvalue weighted by Gasteiger charge is 2.06. The number of hydrogen-bond donors (Lipinski definition) is 2. The molecule has 7 heteroatoms. The first-order chi connectivity index (χ1) is 13.7. The van der Waals surface area contributed by atoms with Gasteiger partial charge < -0.3 is 24.8 Å². The zero-order valence-corrected chi connectivity index (χ0v) is 19.4. The Morgan fingerprint density at radius 3 is 2.55 bits per heavy atom. The lowest BCUT2D eigenvalue weighted by molar-refractivity contribution is 0.330. The predicted octanol–water partition coefficient (Wildman–Crippen LogP) is 3.59. The molecule has 0 aliphatic heterocycles. The molecule has 2 N–H and O–H groups in total. The fourth-order valence-corrected chi connectivity index (χ4v) is 2.53. The molecule has 0 atom stereocenters. The third-order valence-electron chi connectivity index (χ3n) is 3.90. The molecule has 0 fully saturated rings. The standard InChI is InChI=1S/C22H27N3O3.HI/c1-5-12-28-21-14-18(10-11-20(21)27-4)16-25-22(23-6-2)24-15-17-8-7-9-19(13-17)26-3;/h1,7-11,13-14H,6,12,15-16H2,2-4H3,(H2,23,24,25);1H. The molecule has 0 aliphatic rings. The molecular formula is C22H28IN3O3. The van der Waals surface area contributed by atoms with Gasteiger partial charge in [-0.05, 0) is 42.3 Å². The molecule has 6 nitrogen and oxygen atoms in total. The summed E-state index contributed by atoms with van der Waals surface area (Å²) in [5, 5.41) is 6.58. The van der Waals surface area contributed by atoms with Crippen molar-refractivity contribution in [3.05, 3.63) is 53.6 Å². The van der Waals surface area contributed by atoms with Gasteiger partial charge in [0, 0.05) is 13.1 Å². The second-order valence-electron chi connectivity index (χ2n) is 5.88. The van der Waals surface area contributed by atoms with Gasteiger partial charge in [0.05, 0.1) is 20.8 Å². The molecular weight excluding hydrogens is 481 g/mol. The highest BCUT2D eigenvalue weighted by Crippen LogP contribution is 2.27. The van der Waals surface area contributed by atoms with Crippen LogP contribution in [0.1, 0.15) is 18.1 Å². The maximum atomic E-state index is 5.55. The molecule has 2 rings (SSSR count). The summed E-state index contributed by atoms with van der Waals surface area (Å²) in [6.45, 7) is 4.12. The summed E-state index contributed by atoms with van der Waals surface area (Å²) in [7, 11) is 3.26. The van der Waals surface area contributed by atoms with Crippen molar-refractivity contribution >= 4 is 29.9 Å². The summed E-state index contributed by atoms with van der Waals surface area (Å²) >= 11 is 0. The molecule has 0 unspecified atom stereocenters. The number of nitrogens with zero attached hydrogens (tertiary/aromatic N) is 1. The van der Waals surface area contributed by atoms with E-state index in [4.69, 9.17) is 20.6 Å². The molecule has 2 aromatic carbocycles. The van der Waals surface area contributed by atoms with Gasteiger partial charge in [0.25, 0.3) is 0 Å². The SMILES string of the molecule is C#CCOc1cc(CNC(=NCc2cccc(OC)c2)NCC)ccc1OC.I. The number of ether oxygens (including phenoxy) is 3. The lowest BCUT2D eigenvalue weighted by atomic mass is 10.2. The van der Waals surface area contributed by atoms with Crippen LogP contribution < -0.4 is 24.8 Å². The number of halogens is 1. The van der Waals surface area contributed by atoms with E-state index >= 15 is 0 Å². The summed E-state index contributed by atoms with van der Waals surface area (Å²) < 4.78 is 16.1. The van der Waals surface area contributed by atoms with Crippen molar-refractivity contribution in [1.29, 1.82) is 0 Å². The van der Waals surface area contributed by atoms with E-state index in [1.807, 2.05) is 49.4 Å². The Morgan fingerprint density at radius 1 is 1.03 bits per heavy atom. The number of nitrogens with one attached hydrogen (secondary N) is 2. The molecule has 0 aliphatic carbocycles. The van der Waals surface area contributed by atoms with Crippen LogP contribution in [0.15, 0.2) is 47.5 Å². The molecule has 0 spiro atoms. The topological polar surface area (TPSA) is 64.1 Å². The third kappa shape index (κ3) is 8.11. The fourth-order valence-electron chi connectivity index (χ4n) is 2.53. The Kier molecular flexibility index (Phi) is 11.4. The van der Waals surface area contributed by atoms with Crippen LogP contribution >= 0.6 is 24.0 Å². The van der Waals surface area contributed by atoms with Crippen molar-refractivity contribution in [2.45, 2.75) is 20.0 Å². The van der Waals surface area contributed by atoms with Crippen LogP contribution in [-0.2, 0) is 13.1 Å². The quantitative estimate of drug-likeness (QED) is 0.234. The normalized spacial score (nSPS) is 10.3. The first kappa shape index (κ1) is 24.4. The van der Waals surface area contributed by atoms with Crippen molar-refractivity contribution in [3.63, 3.8) is 0 Å². The predicted molar refractivity (Wildman–Crippen MR) is 127 cm³/mol. The minimum atomic E-state index is 0. The van der Waals surface area contributed by atoms with Gasteiger partial charge in [0.15, 0.2) is 17.5 Å². The highest BCUT2D eigenvalue weighted by atomic mass is 127. The summed E-state index contributed by atoms with van der Waals surface area (Å²) in [5.41, 5.74) is 2.10. The number of terminal acetylenes is 1. The number of methoxy groups -OCH3 is 2. The number of aliphatic imine (C=N–C) groups is 1. The maximum absolute atomic E-state index is 5.55. The van der Waals surface area contributed by atoms with Gasteiger partial charge >= 0.3 is 0 Å². The van der Waals surface area contributed by atoms with Crippen LogP contribution in [0.3, 0.4) is 0 Å². The zero-order valence-electron chi connectivity index (χ0n) is 17.0. The second kappa shape index (κ2) is 13.6. The van der Waals surface area contributed by atoms with E-state index in [1.165, 1.54) is 0 Å². The largest absolute Gasteiger partial charge is 0.497 e. The van der Waals surface area contributed by atoms with Gasteiger partial charge in [0.2, 0.25) is 0 Å². The van der Waals surface area contributed by atoms with E-state index in [-0.39, 0.29) is 30.6 Å². The van der Waals surface area contributed by atoms with E-state index < -0.39 is 0 Å². The van der Waals surface area contributed by atoms with E-state index in [2.05, 4.69) is 21.5 Å². The van der Waals surface area contributed by atoms with Gasteiger partial charge in [-0.2, -0.15) is 0 Å². The first-order valence-corrected chi connectivity index (χ1v) is 9.08. The highest BCUT2D eigenvalue weighted by molar-refractivity contribution is 14.0. The minimum Gasteiger partial charge on any atom is -0.497 e. The number of guanidine groups is 1. The van der Waals surface area contributed by atoms with Crippen LogP contribution in [0, 0.1) is 12.3 Å². The smallest absolute Gasteiger partial charge is 0.191 e. The van der Waals surface area contributed by atoms with Gasteiger partial charge in [-0.3, -0.25) is 0 Å². The van der Waals surface area contributed by atoms with Gasteiger partial charge in [-0.25, -0.2) is 4.99 Å². The third-order valence-corrected chi connectivity index (χ3v) is 3.90. The van der Waals surface area contributed by atoms with Crippen molar-refractivity contribution in [1.82, 2.24) is 10.6 Å². The Hall–Kier alpha value is -2.60. The van der Waals surface area contributed by atoms with Crippen LogP contribution in [0.2, 0.25) is 0 Å². The van der Waals surface area contributed by atoms with E-state index in [0.717, 1.165) is 29.4 Å². The van der Waals surface area contributed by atoms with E-state index in [1.54, 1.807) is 14.2 Å². The van der Waals surface area contributed by atoms with E-state index in [0.29, 0.717) is 24.6 Å². The summed E-state index contributed by atoms with van der Waals surface area (Å²) in [6.07, 6.45) is 5.28. The van der Waals surface area contributed by atoms with Crippen LogP contribution in [-0.4, -0.2) is 33.3 Å². The molecule has 0 bridgehead atoms. The Labute approximate surface area is 190 Å². The molecule has 0 saturated heterocycles. The fraction of sp³-hybridized carbons (Fsp3) is 0.318. The van der Waals surface area contributed by atoms with Crippen LogP contribution in [0.5, 0.6) is 17.2 Å². The van der Waals surface area contributed by atoms with Crippen LogP contribution in [0.25, 0.3) is 0 Å². The van der Waals surface area contributed by atoms with Crippen molar-refractivity contribution < 1.29 is 14.2 Å². The number of hydrogen-bond acceptors (Lipinski definition) is 4. The van der Waals surface area contributed by atoms with Gasteiger partial charge in [0.1, 0.15) is 12.4 Å². The molecule has 0 radical (unpaired) electrons. The second-order valence-corrected chi connectivity index (χ2v) is 5.88. The summed E-state index contributed by atoms with van der Waals surface area (Å²) in [4.78, 5) is 4.64. The van der Waals surface area contributed by atoms with Crippen molar-refractivity contribution in [2.75, 3.05) is 27.4 Å². The number of rotatable bonds is 9. The molecule has 0 heterocycles. The molecule has 2 aromatic rings. The molecule has 0 aromatic heterocycles. The van der Waals surface area contributed by atoms with Crippen molar-refractivity contribution in [2.24, 2.45) is 4.99 Å². The maximum Gasteiger partial charge on any atom is 0.191 e. The molecule has 0 saturated carbocycles. The lowest BCUT2D eigenvalue weighted by Crippen LogP contribution is -2.36. The lowest BCUT2D eigenvalue weighted by Gasteiger charge is -2.14. The molecule has 0 amide bonds.